The predicted molar refractivity (Wildman–Crippen MR) is 298 cm³/mol. The molecule has 0 saturated carbocycles. The number of benzene rings is 11. The lowest BCUT2D eigenvalue weighted by molar-refractivity contribution is 0.660. The molecule has 11 aromatic carbocycles. The molecule has 0 aliphatic heterocycles. The fourth-order valence-electron chi connectivity index (χ4n) is 12.1. The smallest absolute Gasteiger partial charge is 0.0991 e. The van der Waals surface area contributed by atoms with Gasteiger partial charge in [0.05, 0.1) is 11.6 Å². The monoisotopic (exact) mass is 906 g/mol. The zero-order valence-electron chi connectivity index (χ0n) is 40.3. The number of hydrogen-bond donors (Lipinski definition) is 0. The van der Waals surface area contributed by atoms with Crippen LogP contribution in [0.15, 0.2) is 231 Å². The van der Waals surface area contributed by atoms with Crippen LogP contribution in [0.4, 0.5) is 17.1 Å². The average molecular weight is 907 g/mol. The first-order valence-electron chi connectivity index (χ1n) is 24.7. The van der Waals surface area contributed by atoms with Crippen LogP contribution in [0, 0.1) is 11.3 Å². The number of anilines is 3. The molecule has 2 aliphatic carbocycles. The van der Waals surface area contributed by atoms with Gasteiger partial charge in [0.2, 0.25) is 0 Å². The van der Waals surface area contributed by atoms with E-state index in [9.17, 15) is 5.26 Å². The standard InChI is InChI=1S/C69H50N2/c1-68(2)62-20-12-10-16-54(62)56-37-29-49(41-64(56)68)66-58-18-8-9-19-59(58)67(50-30-38-57-55-17-11-13-21-63(55)69(3,4)65(57)42-50)61-40-48(28-39-60(61)66)47-26-35-53(36-27-47)71(51-31-22-44(43-70)23-32-51)52-33-24-46(25-34-52)45-14-6-5-7-15-45/h5-42H,1-4H3. The fourth-order valence-corrected chi connectivity index (χ4v) is 12.1. The third-order valence-corrected chi connectivity index (χ3v) is 15.7. The van der Waals surface area contributed by atoms with E-state index < -0.39 is 0 Å². The van der Waals surface area contributed by atoms with E-state index in [-0.39, 0.29) is 10.8 Å². The number of fused-ring (bicyclic) bond motifs is 8. The van der Waals surface area contributed by atoms with Crippen LogP contribution < -0.4 is 4.90 Å². The zero-order chi connectivity index (χ0) is 48.0. The third kappa shape index (κ3) is 6.69. The summed E-state index contributed by atoms with van der Waals surface area (Å²) in [6.45, 7) is 9.49. The van der Waals surface area contributed by atoms with Gasteiger partial charge in [-0.05, 0) is 177 Å². The van der Waals surface area contributed by atoms with Crippen molar-refractivity contribution in [1.82, 2.24) is 0 Å². The SMILES string of the molecule is CC1(C)c2ccccc2-c2ccc(-c3c4ccccc4c(-c4ccc5c(c4)C(C)(C)c4ccccc4-5)c4cc(-c5ccc(N(c6ccc(C#N)cc6)c6ccc(-c7ccccc7)cc6)cc5)ccc34)cc21. The van der Waals surface area contributed by atoms with E-state index in [1.807, 2.05) is 30.3 Å². The fraction of sp³-hybridized carbons (Fsp3) is 0.0870. The molecule has 0 bridgehead atoms. The van der Waals surface area contributed by atoms with Gasteiger partial charge in [-0.25, -0.2) is 0 Å². The maximum absolute atomic E-state index is 9.66. The lowest BCUT2D eigenvalue weighted by Gasteiger charge is -2.26. The van der Waals surface area contributed by atoms with Crippen LogP contribution in [0.5, 0.6) is 0 Å². The van der Waals surface area contributed by atoms with Crippen molar-refractivity contribution < 1.29 is 0 Å². The molecule has 0 amide bonds. The van der Waals surface area contributed by atoms with Gasteiger partial charge in [0.1, 0.15) is 0 Å². The Kier molecular flexibility index (Phi) is 9.64. The van der Waals surface area contributed by atoms with Gasteiger partial charge in [0.25, 0.3) is 0 Å². The van der Waals surface area contributed by atoms with Crippen LogP contribution in [0.25, 0.3) is 88.3 Å². The summed E-state index contributed by atoms with van der Waals surface area (Å²) in [5, 5.41) is 14.6. The summed E-state index contributed by atoms with van der Waals surface area (Å²) in [4.78, 5) is 2.26. The molecule has 2 nitrogen and oxygen atoms in total. The van der Waals surface area contributed by atoms with Crippen LogP contribution in [-0.2, 0) is 10.8 Å². The zero-order valence-corrected chi connectivity index (χ0v) is 40.3. The molecule has 71 heavy (non-hydrogen) atoms. The molecular weight excluding hydrogens is 857 g/mol. The molecule has 0 fully saturated rings. The number of nitrogens with zero attached hydrogens (tertiary/aromatic N) is 2. The van der Waals surface area contributed by atoms with Crippen molar-refractivity contribution in [2.45, 2.75) is 38.5 Å². The van der Waals surface area contributed by atoms with Gasteiger partial charge in [0.15, 0.2) is 0 Å². The Morgan fingerprint density at radius 3 is 1.21 bits per heavy atom. The van der Waals surface area contributed by atoms with E-state index in [0.717, 1.165) is 33.8 Å². The molecule has 0 heterocycles. The summed E-state index contributed by atoms with van der Waals surface area (Å²) in [6, 6.07) is 86.7. The molecule has 0 spiro atoms. The van der Waals surface area contributed by atoms with E-state index in [4.69, 9.17) is 0 Å². The minimum absolute atomic E-state index is 0.122. The number of hydrogen-bond acceptors (Lipinski definition) is 2. The molecule has 13 rings (SSSR count). The van der Waals surface area contributed by atoms with Gasteiger partial charge in [-0.2, -0.15) is 5.26 Å². The average Bonchev–Trinajstić information content (AvgIpc) is 3.79. The molecule has 0 N–H and O–H groups in total. The Hall–Kier alpha value is -8.77. The van der Waals surface area contributed by atoms with Crippen molar-refractivity contribution in [1.29, 1.82) is 5.26 Å². The van der Waals surface area contributed by atoms with E-state index in [2.05, 4.69) is 239 Å². The van der Waals surface area contributed by atoms with Crippen LogP contribution in [0.2, 0.25) is 0 Å². The van der Waals surface area contributed by atoms with Crippen molar-refractivity contribution in [2.24, 2.45) is 0 Å². The van der Waals surface area contributed by atoms with Crippen molar-refractivity contribution >= 4 is 38.6 Å². The topological polar surface area (TPSA) is 27.0 Å². The molecule has 11 aromatic rings. The molecule has 0 unspecified atom stereocenters. The van der Waals surface area contributed by atoms with Crippen molar-refractivity contribution in [2.75, 3.05) is 4.90 Å². The second-order valence-electron chi connectivity index (χ2n) is 20.4. The lowest BCUT2D eigenvalue weighted by atomic mass is 9.79. The third-order valence-electron chi connectivity index (χ3n) is 15.7. The molecule has 0 atom stereocenters. The van der Waals surface area contributed by atoms with Crippen LogP contribution in [0.1, 0.15) is 55.5 Å². The second kappa shape index (κ2) is 16.2. The Labute approximate surface area is 416 Å². The minimum Gasteiger partial charge on any atom is -0.311 e. The van der Waals surface area contributed by atoms with Gasteiger partial charge in [-0.1, -0.05) is 191 Å². The number of rotatable bonds is 7. The quantitative estimate of drug-likeness (QED) is 0.149. The Balaban J connectivity index is 0.985. The molecule has 0 aromatic heterocycles. The van der Waals surface area contributed by atoms with Crippen LogP contribution >= 0.6 is 0 Å². The largest absolute Gasteiger partial charge is 0.311 e. The summed E-state index contributed by atoms with van der Waals surface area (Å²) in [7, 11) is 0. The normalized spacial score (nSPS) is 13.6. The maximum atomic E-state index is 9.66. The number of nitriles is 1. The van der Waals surface area contributed by atoms with E-state index in [1.165, 1.54) is 93.9 Å². The van der Waals surface area contributed by atoms with Gasteiger partial charge in [0, 0.05) is 27.9 Å². The highest BCUT2D eigenvalue weighted by molar-refractivity contribution is 6.22. The predicted octanol–water partition coefficient (Wildman–Crippen LogP) is 18.6. The maximum Gasteiger partial charge on any atom is 0.0991 e. The molecule has 2 aliphatic rings. The van der Waals surface area contributed by atoms with Gasteiger partial charge >= 0.3 is 0 Å². The summed E-state index contributed by atoms with van der Waals surface area (Å²) in [5.74, 6) is 0. The minimum atomic E-state index is -0.134. The molecule has 0 saturated heterocycles. The Morgan fingerprint density at radius 1 is 0.310 bits per heavy atom. The lowest BCUT2D eigenvalue weighted by Crippen LogP contribution is -2.15. The first-order valence-corrected chi connectivity index (χ1v) is 24.7. The first kappa shape index (κ1) is 42.3. The summed E-state index contributed by atoms with van der Waals surface area (Å²) in [6.07, 6.45) is 0. The summed E-state index contributed by atoms with van der Waals surface area (Å²) in [5.41, 5.74) is 23.9. The molecule has 336 valence electrons. The van der Waals surface area contributed by atoms with E-state index in [0.29, 0.717) is 5.56 Å². The Bertz CT molecular complexity index is 3960. The molecular formula is C69H50N2. The highest BCUT2D eigenvalue weighted by Crippen LogP contribution is 2.54. The van der Waals surface area contributed by atoms with Crippen LogP contribution in [0.3, 0.4) is 0 Å². The van der Waals surface area contributed by atoms with Crippen LogP contribution in [-0.4, -0.2) is 0 Å². The van der Waals surface area contributed by atoms with Crippen molar-refractivity contribution in [3.63, 3.8) is 0 Å². The van der Waals surface area contributed by atoms with Crippen molar-refractivity contribution in [3.05, 3.63) is 258 Å². The van der Waals surface area contributed by atoms with E-state index in [1.54, 1.807) is 0 Å². The summed E-state index contributed by atoms with van der Waals surface area (Å²) >= 11 is 0. The van der Waals surface area contributed by atoms with Gasteiger partial charge < -0.3 is 4.90 Å². The highest BCUT2D eigenvalue weighted by Gasteiger charge is 2.37. The van der Waals surface area contributed by atoms with Gasteiger partial charge in [-0.3, -0.25) is 0 Å². The molecule has 0 radical (unpaired) electrons. The van der Waals surface area contributed by atoms with E-state index >= 15 is 0 Å². The van der Waals surface area contributed by atoms with Crippen molar-refractivity contribution in [3.8, 4) is 72.8 Å². The Morgan fingerprint density at radius 2 is 0.690 bits per heavy atom. The first-order chi connectivity index (χ1) is 34.7. The van der Waals surface area contributed by atoms with Gasteiger partial charge in [-0.15, -0.1) is 0 Å². The summed E-state index contributed by atoms with van der Waals surface area (Å²) < 4.78 is 0. The highest BCUT2D eigenvalue weighted by atomic mass is 15.1. The second-order valence-corrected chi connectivity index (χ2v) is 20.4. The molecule has 2 heteroatoms.